The predicted octanol–water partition coefficient (Wildman–Crippen LogP) is 0.0990. The maximum atomic E-state index is 12.5. The molecule has 3 rings (SSSR count). The lowest BCUT2D eigenvalue weighted by atomic mass is 10.1. The van der Waals surface area contributed by atoms with Crippen LogP contribution in [0.15, 0.2) is 0 Å². The van der Waals surface area contributed by atoms with Gasteiger partial charge in [-0.15, -0.1) is 11.3 Å². The van der Waals surface area contributed by atoms with E-state index in [0.29, 0.717) is 36.8 Å². The third-order valence-corrected chi connectivity index (χ3v) is 6.19. The number of thiophene rings is 1. The number of anilines is 1. The predicted molar refractivity (Wildman–Crippen MR) is 98.7 cm³/mol. The smallest absolute Gasteiger partial charge is 0.341 e. The number of fused-ring (bicyclic) bond motifs is 1. The van der Waals surface area contributed by atoms with E-state index in [2.05, 4.69) is 5.32 Å². The Hall–Kier alpha value is -1.93. The van der Waals surface area contributed by atoms with Gasteiger partial charge in [-0.3, -0.25) is 9.59 Å². The number of nitrogens with one attached hydrogen (secondary N) is 2. The Morgan fingerprint density at radius 1 is 1.23 bits per heavy atom. The summed E-state index contributed by atoms with van der Waals surface area (Å²) in [6.07, 6.45) is 2.88. The molecule has 0 radical (unpaired) electrons. The first-order valence-corrected chi connectivity index (χ1v) is 10.0. The van der Waals surface area contributed by atoms with E-state index in [1.165, 1.54) is 16.2 Å². The lowest BCUT2D eigenvalue weighted by Gasteiger charge is -2.31. The van der Waals surface area contributed by atoms with Crippen LogP contribution in [0.1, 0.15) is 41.1 Å². The average molecular weight is 380 g/mol. The zero-order chi connectivity index (χ0) is 18.7. The van der Waals surface area contributed by atoms with Gasteiger partial charge < -0.3 is 19.9 Å². The van der Waals surface area contributed by atoms with Crippen molar-refractivity contribution in [3.05, 3.63) is 16.0 Å². The van der Waals surface area contributed by atoms with Crippen molar-refractivity contribution in [1.29, 1.82) is 0 Å². The number of carbonyl (C=O) groups excluding carboxylic acids is 3. The SMILES string of the molecule is CCOC(=O)c1c(NC(=O)C[NH+]2CCN(C(C)=O)CC2)sc2c1CCC2. The van der Waals surface area contributed by atoms with Gasteiger partial charge in [0.05, 0.1) is 38.3 Å². The monoisotopic (exact) mass is 380 g/mol. The molecule has 1 saturated heterocycles. The van der Waals surface area contributed by atoms with E-state index in [1.54, 1.807) is 13.8 Å². The quantitative estimate of drug-likeness (QED) is 0.710. The summed E-state index contributed by atoms with van der Waals surface area (Å²) >= 11 is 1.50. The molecule has 142 valence electrons. The van der Waals surface area contributed by atoms with Gasteiger partial charge in [0.2, 0.25) is 5.91 Å². The van der Waals surface area contributed by atoms with Gasteiger partial charge in [-0.2, -0.15) is 0 Å². The fourth-order valence-electron chi connectivity index (χ4n) is 3.62. The summed E-state index contributed by atoms with van der Waals surface area (Å²) in [5.74, 6) is -0.355. The first-order valence-electron chi connectivity index (χ1n) is 9.20. The number of piperazine rings is 1. The van der Waals surface area contributed by atoms with Crippen LogP contribution in [0.5, 0.6) is 0 Å². The third-order valence-electron chi connectivity index (χ3n) is 4.98. The van der Waals surface area contributed by atoms with E-state index in [4.69, 9.17) is 4.74 Å². The molecular weight excluding hydrogens is 354 g/mol. The van der Waals surface area contributed by atoms with Gasteiger partial charge in [0.15, 0.2) is 6.54 Å². The van der Waals surface area contributed by atoms with Crippen molar-refractivity contribution in [1.82, 2.24) is 4.90 Å². The molecule has 0 atom stereocenters. The van der Waals surface area contributed by atoms with Crippen LogP contribution >= 0.6 is 11.3 Å². The highest BCUT2D eigenvalue weighted by Crippen LogP contribution is 2.39. The van der Waals surface area contributed by atoms with Crippen molar-refractivity contribution in [2.75, 3.05) is 44.6 Å². The zero-order valence-electron chi connectivity index (χ0n) is 15.4. The number of rotatable bonds is 5. The van der Waals surface area contributed by atoms with Crippen LogP contribution in [0, 0.1) is 0 Å². The summed E-state index contributed by atoms with van der Waals surface area (Å²) in [6, 6.07) is 0. The van der Waals surface area contributed by atoms with Crippen LogP contribution < -0.4 is 10.2 Å². The van der Waals surface area contributed by atoms with E-state index in [9.17, 15) is 14.4 Å². The molecule has 1 aliphatic carbocycles. The van der Waals surface area contributed by atoms with Crippen LogP contribution in [-0.4, -0.2) is 62.0 Å². The van der Waals surface area contributed by atoms with Crippen LogP contribution in [-0.2, 0) is 27.2 Å². The molecule has 0 aromatic carbocycles. The van der Waals surface area contributed by atoms with Crippen LogP contribution in [0.3, 0.4) is 0 Å². The van der Waals surface area contributed by atoms with Gasteiger partial charge >= 0.3 is 5.97 Å². The number of nitrogens with zero attached hydrogens (tertiary/aromatic N) is 1. The maximum absolute atomic E-state index is 12.5. The molecule has 1 aliphatic heterocycles. The lowest BCUT2D eigenvalue weighted by Crippen LogP contribution is -3.15. The van der Waals surface area contributed by atoms with Crippen molar-refractivity contribution < 1.29 is 24.0 Å². The molecule has 2 N–H and O–H groups in total. The van der Waals surface area contributed by atoms with Gasteiger partial charge in [-0.05, 0) is 31.7 Å². The lowest BCUT2D eigenvalue weighted by molar-refractivity contribution is -0.895. The molecule has 1 aromatic heterocycles. The second-order valence-corrected chi connectivity index (χ2v) is 7.87. The number of amides is 2. The van der Waals surface area contributed by atoms with Crippen molar-refractivity contribution in [2.45, 2.75) is 33.1 Å². The molecule has 2 aliphatic rings. The van der Waals surface area contributed by atoms with Crippen LogP contribution in [0.4, 0.5) is 5.00 Å². The topological polar surface area (TPSA) is 80.2 Å². The average Bonchev–Trinajstić information content (AvgIpc) is 3.15. The van der Waals surface area contributed by atoms with E-state index in [1.807, 2.05) is 4.90 Å². The summed E-state index contributed by atoms with van der Waals surface area (Å²) in [5, 5.41) is 3.56. The maximum Gasteiger partial charge on any atom is 0.341 e. The Labute approximate surface area is 157 Å². The Kier molecular flexibility index (Phi) is 5.93. The number of quaternary nitrogens is 1. The molecule has 0 spiro atoms. The second kappa shape index (κ2) is 8.18. The van der Waals surface area contributed by atoms with E-state index < -0.39 is 0 Å². The largest absolute Gasteiger partial charge is 0.462 e. The van der Waals surface area contributed by atoms with Gasteiger partial charge in [0.1, 0.15) is 5.00 Å². The molecule has 2 amide bonds. The molecular formula is C18H26N3O4S+. The van der Waals surface area contributed by atoms with Gasteiger partial charge in [-0.1, -0.05) is 0 Å². The highest BCUT2D eigenvalue weighted by molar-refractivity contribution is 7.17. The fourth-order valence-corrected chi connectivity index (χ4v) is 4.92. The molecule has 0 saturated carbocycles. The minimum absolute atomic E-state index is 0.0840. The Morgan fingerprint density at radius 3 is 2.62 bits per heavy atom. The summed E-state index contributed by atoms with van der Waals surface area (Å²) in [4.78, 5) is 40.4. The van der Waals surface area contributed by atoms with Crippen LogP contribution in [0.25, 0.3) is 0 Å². The molecule has 1 fully saturated rings. The second-order valence-electron chi connectivity index (χ2n) is 6.76. The molecule has 7 nitrogen and oxygen atoms in total. The van der Waals surface area contributed by atoms with E-state index in [0.717, 1.165) is 42.8 Å². The summed E-state index contributed by atoms with van der Waals surface area (Å²) in [6.45, 7) is 6.91. The molecule has 2 heterocycles. The van der Waals surface area contributed by atoms with Crippen molar-refractivity contribution in [3.63, 3.8) is 0 Å². The third kappa shape index (κ3) is 4.07. The highest BCUT2D eigenvalue weighted by atomic mass is 32.1. The zero-order valence-corrected chi connectivity index (χ0v) is 16.2. The van der Waals surface area contributed by atoms with E-state index in [-0.39, 0.29) is 17.8 Å². The molecule has 0 unspecified atom stereocenters. The van der Waals surface area contributed by atoms with E-state index >= 15 is 0 Å². The van der Waals surface area contributed by atoms with Crippen molar-refractivity contribution in [2.24, 2.45) is 0 Å². The van der Waals surface area contributed by atoms with Gasteiger partial charge in [-0.25, -0.2) is 4.79 Å². The fraction of sp³-hybridized carbons (Fsp3) is 0.611. The van der Waals surface area contributed by atoms with Crippen molar-refractivity contribution in [3.8, 4) is 0 Å². The molecule has 0 bridgehead atoms. The Balaban J connectivity index is 1.63. The number of aryl methyl sites for hydroxylation is 1. The molecule has 26 heavy (non-hydrogen) atoms. The van der Waals surface area contributed by atoms with Gasteiger partial charge in [0, 0.05) is 11.8 Å². The number of hydrogen-bond acceptors (Lipinski definition) is 5. The molecule has 1 aromatic rings. The van der Waals surface area contributed by atoms with Gasteiger partial charge in [0.25, 0.3) is 5.91 Å². The van der Waals surface area contributed by atoms with Crippen molar-refractivity contribution >= 4 is 34.1 Å². The normalized spacial score (nSPS) is 17.1. The number of hydrogen-bond donors (Lipinski definition) is 2. The summed E-state index contributed by atoms with van der Waals surface area (Å²) in [5.41, 5.74) is 1.60. The number of esters is 1. The first-order chi connectivity index (χ1) is 12.5. The minimum atomic E-state index is -0.343. The first kappa shape index (κ1) is 18.8. The number of ether oxygens (including phenoxy) is 1. The van der Waals surface area contributed by atoms with Crippen LogP contribution in [0.2, 0.25) is 0 Å². The minimum Gasteiger partial charge on any atom is -0.462 e. The summed E-state index contributed by atoms with van der Waals surface area (Å²) in [7, 11) is 0. The Bertz CT molecular complexity index is 708. The number of carbonyl (C=O) groups is 3. The summed E-state index contributed by atoms with van der Waals surface area (Å²) < 4.78 is 5.19. The Morgan fingerprint density at radius 2 is 1.96 bits per heavy atom. The highest BCUT2D eigenvalue weighted by Gasteiger charge is 2.29. The molecule has 8 heteroatoms. The standard InChI is InChI=1S/C18H25N3O4S/c1-3-25-18(24)16-13-5-4-6-14(13)26-17(16)19-15(23)11-20-7-9-21(10-8-20)12(2)22/h3-11H2,1-2H3,(H,19,23)/p+1.